The van der Waals surface area contributed by atoms with Crippen LogP contribution in [0.5, 0.6) is 11.8 Å². The summed E-state index contributed by atoms with van der Waals surface area (Å²) >= 11 is 0. The number of rotatable bonds is 7. The summed E-state index contributed by atoms with van der Waals surface area (Å²) in [5.41, 5.74) is -1.84. The molecule has 3 saturated heterocycles. The Morgan fingerprint density at radius 1 is 1.14 bits per heavy atom. The zero-order valence-electron chi connectivity index (χ0n) is 25.9. The Morgan fingerprint density at radius 2 is 1.91 bits per heavy atom. The van der Waals surface area contributed by atoms with E-state index < -0.39 is 29.2 Å². The number of hydrogen-bond donors (Lipinski definition) is 2. The van der Waals surface area contributed by atoms with E-state index in [4.69, 9.17) is 12.2 Å². The number of phenolic OH excluding ortho intramolecular Hbond substituents is 1. The van der Waals surface area contributed by atoms with Crippen LogP contribution in [0, 0.1) is 17.0 Å². The van der Waals surface area contributed by atoms with Gasteiger partial charge in [-0.05, 0) is 43.2 Å². The molecule has 0 unspecified atom stereocenters. The van der Waals surface area contributed by atoms with Gasteiger partial charge in [-0.2, -0.15) is 19.7 Å². The number of piperazine rings is 1. The van der Waals surface area contributed by atoms with Gasteiger partial charge in [-0.1, -0.05) is 6.07 Å². The summed E-state index contributed by atoms with van der Waals surface area (Å²) in [5, 5.41) is 18.6. The maximum Gasteiger partial charge on any atom is 0.319 e. The number of benzene rings is 2. The normalized spacial score (nSPS) is 24.0. The summed E-state index contributed by atoms with van der Waals surface area (Å²) in [6.45, 7) is 2.17. The Kier molecular flexibility index (Phi) is 6.12. The van der Waals surface area contributed by atoms with E-state index in [1.54, 1.807) is 0 Å². The molecule has 13 heteroatoms. The van der Waals surface area contributed by atoms with Crippen molar-refractivity contribution in [1.82, 2.24) is 30.0 Å². The van der Waals surface area contributed by atoms with Gasteiger partial charge >= 0.3 is 6.01 Å². The molecule has 4 aromatic rings. The molecule has 2 bridgehead atoms. The van der Waals surface area contributed by atoms with Crippen LogP contribution < -0.4 is 20.5 Å². The minimum Gasteiger partial charge on any atom is -0.508 e. The number of nitrogens with zero attached hydrogens (tertiary/aromatic N) is 6. The standard InChI is InChI=1S/C31H33F2N7O4/c32-23-4-1-18-11-21(41)12-24(25(18)26(23)33)40-29(42)27-22(13-34-40)28(39-14-19-2-3-20(15-39)35-19)37-30(36-27)44-17-31(5-6-31)16-38-7-9-43-10-8-38/h1,4,11-13,19-20,35,41H,2-3,5-10,14-17H2/t19-,20+/i17D2. The van der Waals surface area contributed by atoms with Gasteiger partial charge in [0.05, 0.1) is 39.8 Å². The third kappa shape index (κ3) is 4.92. The van der Waals surface area contributed by atoms with Crippen molar-refractivity contribution in [2.75, 3.05) is 57.4 Å². The smallest absolute Gasteiger partial charge is 0.319 e. The monoisotopic (exact) mass is 607 g/mol. The second-order valence-electron chi connectivity index (χ2n) is 12.3. The number of aromatic hydroxyl groups is 1. The lowest BCUT2D eigenvalue weighted by molar-refractivity contribution is 0.0231. The fraction of sp³-hybridized carbons (Fsp3) is 0.484. The lowest BCUT2D eigenvalue weighted by Gasteiger charge is -2.34. The van der Waals surface area contributed by atoms with E-state index in [0.717, 1.165) is 29.7 Å². The van der Waals surface area contributed by atoms with Crippen LogP contribution in [0.4, 0.5) is 14.6 Å². The fourth-order valence-corrected chi connectivity index (χ4v) is 6.73. The Labute approximate surface area is 254 Å². The number of halogens is 2. The summed E-state index contributed by atoms with van der Waals surface area (Å²) in [4.78, 5) is 27.5. The SMILES string of the molecule is [2H]C([2H])(Oc1nc(N2C[C@H]3CC[C@@H](C2)N3)c2cnn(-c3cc(O)cc4ccc(F)c(F)c34)c(=O)c2n1)C1(CN2CCOCC2)CC1. The average Bonchev–Trinajstić information content (AvgIpc) is 3.75. The molecule has 1 saturated carbocycles. The van der Waals surface area contributed by atoms with Gasteiger partial charge in [0.1, 0.15) is 17.1 Å². The highest BCUT2D eigenvalue weighted by atomic mass is 19.2. The molecule has 4 fully saturated rings. The second-order valence-corrected chi connectivity index (χ2v) is 12.3. The molecule has 0 spiro atoms. The largest absolute Gasteiger partial charge is 0.508 e. The first kappa shape index (κ1) is 25.4. The molecule has 4 aliphatic rings. The van der Waals surface area contributed by atoms with E-state index in [9.17, 15) is 14.3 Å². The Morgan fingerprint density at radius 3 is 2.66 bits per heavy atom. The zero-order valence-corrected chi connectivity index (χ0v) is 23.9. The van der Waals surface area contributed by atoms with Gasteiger partial charge in [0.15, 0.2) is 11.6 Å². The van der Waals surface area contributed by atoms with E-state index in [-0.39, 0.29) is 45.8 Å². The quantitative estimate of drug-likeness (QED) is 0.325. The van der Waals surface area contributed by atoms with Crippen molar-refractivity contribution in [3.8, 4) is 17.4 Å². The summed E-state index contributed by atoms with van der Waals surface area (Å²) in [5.74, 6) is -2.18. The zero-order chi connectivity index (χ0) is 31.8. The molecular formula is C31H33F2N7O4. The van der Waals surface area contributed by atoms with Crippen LogP contribution in [-0.4, -0.2) is 94.3 Å². The van der Waals surface area contributed by atoms with Gasteiger partial charge in [-0.25, -0.2) is 8.78 Å². The summed E-state index contributed by atoms with van der Waals surface area (Å²) in [7, 11) is 0. The fourth-order valence-electron chi connectivity index (χ4n) is 6.73. The molecule has 1 aliphatic carbocycles. The molecule has 230 valence electrons. The van der Waals surface area contributed by atoms with E-state index in [1.165, 1.54) is 18.3 Å². The van der Waals surface area contributed by atoms with E-state index in [1.807, 2.05) is 4.90 Å². The molecule has 8 rings (SSSR count). The van der Waals surface area contributed by atoms with Crippen LogP contribution >= 0.6 is 0 Å². The van der Waals surface area contributed by atoms with Crippen molar-refractivity contribution >= 4 is 27.5 Å². The number of phenols is 1. The first-order chi connectivity index (χ1) is 22.1. The minimum absolute atomic E-state index is 0.122. The first-order valence-electron chi connectivity index (χ1n) is 16.0. The lowest BCUT2D eigenvalue weighted by Crippen LogP contribution is -2.51. The van der Waals surface area contributed by atoms with Crippen LogP contribution in [0.15, 0.2) is 35.3 Å². The summed E-state index contributed by atoms with van der Waals surface area (Å²) < 4.78 is 59.8. The van der Waals surface area contributed by atoms with Crippen LogP contribution in [0.1, 0.15) is 28.4 Å². The third-order valence-electron chi connectivity index (χ3n) is 9.16. The number of anilines is 1. The number of hydrogen-bond acceptors (Lipinski definition) is 10. The number of fused-ring (bicyclic) bond motifs is 4. The highest BCUT2D eigenvalue weighted by molar-refractivity contribution is 5.93. The molecule has 11 nitrogen and oxygen atoms in total. The Bertz CT molecular complexity index is 1910. The second kappa shape index (κ2) is 10.6. The van der Waals surface area contributed by atoms with Crippen LogP contribution in [0.25, 0.3) is 27.4 Å². The van der Waals surface area contributed by atoms with Gasteiger partial charge < -0.3 is 24.8 Å². The molecule has 2 aromatic carbocycles. The van der Waals surface area contributed by atoms with Crippen LogP contribution in [-0.2, 0) is 4.74 Å². The van der Waals surface area contributed by atoms with Crippen molar-refractivity contribution in [2.24, 2.45) is 5.41 Å². The van der Waals surface area contributed by atoms with E-state index >= 15 is 4.39 Å². The molecule has 2 atom stereocenters. The van der Waals surface area contributed by atoms with Gasteiger partial charge in [0, 0.05) is 61.7 Å². The molecule has 0 amide bonds. The molecule has 5 heterocycles. The molecule has 0 radical (unpaired) electrons. The molecule has 44 heavy (non-hydrogen) atoms. The number of aromatic nitrogens is 4. The summed E-state index contributed by atoms with van der Waals surface area (Å²) in [6, 6.07) is 4.83. The van der Waals surface area contributed by atoms with Gasteiger partial charge in [-0.15, -0.1) is 0 Å². The van der Waals surface area contributed by atoms with Crippen molar-refractivity contribution in [2.45, 2.75) is 37.8 Å². The topological polar surface area (TPSA) is 118 Å². The Balaban J connectivity index is 1.25. The van der Waals surface area contributed by atoms with Crippen molar-refractivity contribution < 1.29 is 26.1 Å². The average molecular weight is 608 g/mol. The van der Waals surface area contributed by atoms with E-state index in [0.29, 0.717) is 70.0 Å². The maximum absolute atomic E-state index is 15.1. The predicted octanol–water partition coefficient (Wildman–Crippen LogP) is 2.74. The highest BCUT2D eigenvalue weighted by Crippen LogP contribution is 2.46. The van der Waals surface area contributed by atoms with E-state index in [2.05, 4.69) is 25.3 Å². The van der Waals surface area contributed by atoms with Crippen LogP contribution in [0.3, 0.4) is 0 Å². The number of morpholine rings is 1. The summed E-state index contributed by atoms with van der Waals surface area (Å²) in [6.07, 6.45) is 4.64. The minimum atomic E-state index is -2.15. The molecular weight excluding hydrogens is 572 g/mol. The Hall–Kier alpha value is -3.94. The van der Waals surface area contributed by atoms with Crippen molar-refractivity contribution in [3.05, 3.63) is 52.5 Å². The first-order valence-corrected chi connectivity index (χ1v) is 15.0. The molecule has 2 aromatic heterocycles. The van der Waals surface area contributed by atoms with Crippen LogP contribution in [0.2, 0.25) is 0 Å². The number of nitrogens with one attached hydrogen (secondary N) is 1. The maximum atomic E-state index is 15.1. The third-order valence-corrected chi connectivity index (χ3v) is 9.16. The molecule has 2 N–H and O–H groups in total. The van der Waals surface area contributed by atoms with Crippen molar-refractivity contribution in [1.29, 1.82) is 0 Å². The predicted molar refractivity (Wildman–Crippen MR) is 159 cm³/mol. The van der Waals surface area contributed by atoms with Gasteiger partial charge in [0.25, 0.3) is 5.56 Å². The highest BCUT2D eigenvalue weighted by Gasteiger charge is 2.45. The van der Waals surface area contributed by atoms with Gasteiger partial charge in [0.2, 0.25) is 0 Å². The molecule has 3 aliphatic heterocycles. The van der Waals surface area contributed by atoms with Gasteiger partial charge in [-0.3, -0.25) is 9.69 Å². The lowest BCUT2D eigenvalue weighted by atomic mass is 10.1. The number of ether oxygens (including phenoxy) is 2. The van der Waals surface area contributed by atoms with Crippen molar-refractivity contribution in [3.63, 3.8) is 0 Å².